The van der Waals surface area contributed by atoms with Gasteiger partial charge in [-0.25, -0.2) is 0 Å². The van der Waals surface area contributed by atoms with E-state index in [0.29, 0.717) is 19.3 Å². The Bertz CT molecular complexity index is 1130. The van der Waals surface area contributed by atoms with Gasteiger partial charge in [-0.1, -0.05) is 197 Å². The smallest absolute Gasteiger partial charge is 0.306 e. The highest BCUT2D eigenvalue weighted by molar-refractivity contribution is 5.71. The van der Waals surface area contributed by atoms with Gasteiger partial charge in [0, 0.05) is 19.3 Å². The topological polar surface area (TPSA) is 78.9 Å². The van der Waals surface area contributed by atoms with Crippen LogP contribution in [-0.2, 0) is 28.6 Å². The van der Waals surface area contributed by atoms with Gasteiger partial charge in [0.1, 0.15) is 13.2 Å². The Morgan fingerprint density at radius 1 is 0.323 bits per heavy atom. The molecule has 0 aliphatic rings. The number of rotatable bonds is 47. The van der Waals surface area contributed by atoms with Crippen LogP contribution in [0.5, 0.6) is 0 Å². The van der Waals surface area contributed by atoms with E-state index in [1.165, 1.54) is 122 Å². The molecule has 0 saturated carbocycles. The summed E-state index contributed by atoms with van der Waals surface area (Å²) in [5.74, 6) is -0.906. The monoisotopic (exact) mass is 867 g/mol. The van der Waals surface area contributed by atoms with Gasteiger partial charge in [0.05, 0.1) is 0 Å². The quantitative estimate of drug-likeness (QED) is 0.0262. The average Bonchev–Trinajstić information content (AvgIpc) is 3.27. The van der Waals surface area contributed by atoms with Crippen molar-refractivity contribution in [3.63, 3.8) is 0 Å². The van der Waals surface area contributed by atoms with Crippen molar-refractivity contribution in [1.29, 1.82) is 0 Å². The number of carbonyl (C=O) groups excluding carboxylic acids is 3. The van der Waals surface area contributed by atoms with Crippen LogP contribution in [-0.4, -0.2) is 37.2 Å². The molecule has 0 aromatic heterocycles. The Balaban J connectivity index is 4.36. The molecule has 0 fully saturated rings. The Labute approximate surface area is 383 Å². The van der Waals surface area contributed by atoms with Crippen LogP contribution in [0.2, 0.25) is 0 Å². The van der Waals surface area contributed by atoms with Crippen molar-refractivity contribution < 1.29 is 28.6 Å². The molecule has 0 aliphatic carbocycles. The van der Waals surface area contributed by atoms with Crippen LogP contribution in [0, 0.1) is 0 Å². The molecule has 6 heteroatoms. The van der Waals surface area contributed by atoms with Gasteiger partial charge in [-0.3, -0.25) is 14.4 Å². The van der Waals surface area contributed by atoms with E-state index in [2.05, 4.69) is 81.5 Å². The van der Waals surface area contributed by atoms with E-state index < -0.39 is 6.10 Å². The lowest BCUT2D eigenvalue weighted by Gasteiger charge is -2.18. The first kappa shape index (κ1) is 59.1. The van der Waals surface area contributed by atoms with E-state index >= 15 is 0 Å². The van der Waals surface area contributed by atoms with Crippen LogP contribution in [0.1, 0.15) is 258 Å². The second kappa shape index (κ2) is 50.8. The lowest BCUT2D eigenvalue weighted by Crippen LogP contribution is -2.30. The standard InChI is InChI=1S/C56H98O6/c1-4-7-10-13-16-19-22-24-26-28-30-32-34-37-40-43-46-49-55(58)61-52-53(51-60-54(57)48-45-42-39-36-21-18-15-12-9-6-3)62-56(59)50-47-44-41-38-35-33-31-29-27-25-23-20-17-14-11-8-5-2/h12,15-17,19-20,24-27,53H,4-11,13-14,18,21-23,28-52H2,1-3H3/b15-12-,19-16-,20-17-,26-24-,27-25-. The average molecular weight is 867 g/mol. The molecule has 0 N–H and O–H groups in total. The van der Waals surface area contributed by atoms with Crippen molar-refractivity contribution in [1.82, 2.24) is 0 Å². The second-order valence-electron chi connectivity index (χ2n) is 17.4. The van der Waals surface area contributed by atoms with Gasteiger partial charge < -0.3 is 14.2 Å². The highest BCUT2D eigenvalue weighted by Crippen LogP contribution is 2.14. The third kappa shape index (κ3) is 48.1. The molecule has 62 heavy (non-hydrogen) atoms. The van der Waals surface area contributed by atoms with Gasteiger partial charge in [0.15, 0.2) is 6.10 Å². The second-order valence-corrected chi connectivity index (χ2v) is 17.4. The van der Waals surface area contributed by atoms with Crippen LogP contribution in [0.3, 0.4) is 0 Å². The van der Waals surface area contributed by atoms with Crippen LogP contribution < -0.4 is 0 Å². The zero-order valence-electron chi connectivity index (χ0n) is 40.9. The third-order valence-corrected chi connectivity index (χ3v) is 11.2. The maximum absolute atomic E-state index is 12.8. The molecule has 0 radical (unpaired) electrons. The first-order valence-electron chi connectivity index (χ1n) is 26.3. The van der Waals surface area contributed by atoms with Crippen LogP contribution in [0.4, 0.5) is 0 Å². The van der Waals surface area contributed by atoms with Crippen LogP contribution >= 0.6 is 0 Å². The Morgan fingerprint density at radius 3 is 0.968 bits per heavy atom. The number of unbranched alkanes of at least 4 members (excludes halogenated alkanes) is 26. The molecule has 0 aromatic rings. The molecule has 1 atom stereocenters. The minimum absolute atomic E-state index is 0.0841. The molecule has 0 bridgehead atoms. The summed E-state index contributed by atoms with van der Waals surface area (Å²) in [6.07, 6.45) is 62.0. The predicted octanol–water partition coefficient (Wildman–Crippen LogP) is 17.3. The van der Waals surface area contributed by atoms with E-state index in [-0.39, 0.29) is 31.1 Å². The molecule has 1 unspecified atom stereocenters. The summed E-state index contributed by atoms with van der Waals surface area (Å²) in [4.78, 5) is 37.9. The highest BCUT2D eigenvalue weighted by atomic mass is 16.6. The van der Waals surface area contributed by atoms with Gasteiger partial charge >= 0.3 is 17.9 Å². The zero-order chi connectivity index (χ0) is 45.1. The molecule has 358 valence electrons. The fourth-order valence-electron chi connectivity index (χ4n) is 7.21. The first-order valence-corrected chi connectivity index (χ1v) is 26.3. The molecule has 0 rings (SSSR count). The number of allylic oxidation sites excluding steroid dienone is 10. The third-order valence-electron chi connectivity index (χ3n) is 11.2. The van der Waals surface area contributed by atoms with Crippen molar-refractivity contribution in [3.8, 4) is 0 Å². The SMILES string of the molecule is CCC/C=C\CCCCCCCC(=O)OCC(COC(=O)CCCCCCCCC/C=C\C/C=C\CCCCC)OC(=O)CCCCCCCCC/C=C\C/C=C\CCCCC. The number of carbonyl (C=O) groups is 3. The highest BCUT2D eigenvalue weighted by Gasteiger charge is 2.19. The van der Waals surface area contributed by atoms with Gasteiger partial charge in [0.25, 0.3) is 0 Å². The minimum atomic E-state index is -0.783. The van der Waals surface area contributed by atoms with E-state index in [9.17, 15) is 14.4 Å². The summed E-state index contributed by atoms with van der Waals surface area (Å²) in [5.41, 5.74) is 0. The molecule has 0 heterocycles. The summed E-state index contributed by atoms with van der Waals surface area (Å²) in [7, 11) is 0. The fraction of sp³-hybridized carbons (Fsp3) is 0.768. The zero-order valence-corrected chi connectivity index (χ0v) is 40.9. The van der Waals surface area contributed by atoms with E-state index in [1.54, 1.807) is 0 Å². The van der Waals surface area contributed by atoms with E-state index in [1.807, 2.05) is 0 Å². The molecule has 6 nitrogen and oxygen atoms in total. The molecule has 0 saturated heterocycles. The molecular weight excluding hydrogens is 769 g/mol. The molecule has 0 spiro atoms. The van der Waals surface area contributed by atoms with Crippen molar-refractivity contribution in [2.24, 2.45) is 0 Å². The number of hydrogen-bond donors (Lipinski definition) is 0. The fourth-order valence-corrected chi connectivity index (χ4v) is 7.21. The molecule has 0 aromatic carbocycles. The number of ether oxygens (including phenoxy) is 3. The van der Waals surface area contributed by atoms with Gasteiger partial charge in [-0.05, 0) is 103 Å². The Hall–Kier alpha value is -2.89. The van der Waals surface area contributed by atoms with Crippen molar-refractivity contribution in [3.05, 3.63) is 60.8 Å². The number of hydrogen-bond acceptors (Lipinski definition) is 6. The summed E-state index contributed by atoms with van der Waals surface area (Å²) >= 11 is 0. The predicted molar refractivity (Wildman–Crippen MR) is 265 cm³/mol. The normalized spacial score (nSPS) is 12.5. The summed E-state index contributed by atoms with van der Waals surface area (Å²) in [6, 6.07) is 0. The molecular formula is C56H98O6. The molecule has 0 aliphatic heterocycles. The summed E-state index contributed by atoms with van der Waals surface area (Å²) in [6.45, 7) is 6.51. The molecule has 0 amide bonds. The number of esters is 3. The van der Waals surface area contributed by atoms with Gasteiger partial charge in [0.2, 0.25) is 0 Å². The lowest BCUT2D eigenvalue weighted by atomic mass is 10.1. The van der Waals surface area contributed by atoms with Gasteiger partial charge in [-0.15, -0.1) is 0 Å². The maximum Gasteiger partial charge on any atom is 0.306 e. The largest absolute Gasteiger partial charge is 0.462 e. The van der Waals surface area contributed by atoms with Crippen molar-refractivity contribution in [2.45, 2.75) is 264 Å². The van der Waals surface area contributed by atoms with Crippen LogP contribution in [0.25, 0.3) is 0 Å². The summed E-state index contributed by atoms with van der Waals surface area (Å²) < 4.78 is 16.8. The Morgan fingerprint density at radius 2 is 0.613 bits per heavy atom. The van der Waals surface area contributed by atoms with Crippen molar-refractivity contribution >= 4 is 17.9 Å². The van der Waals surface area contributed by atoms with E-state index in [0.717, 1.165) is 96.3 Å². The Kier molecular flexibility index (Phi) is 48.4. The first-order chi connectivity index (χ1) is 30.5. The van der Waals surface area contributed by atoms with Crippen molar-refractivity contribution in [2.75, 3.05) is 13.2 Å². The lowest BCUT2D eigenvalue weighted by molar-refractivity contribution is -0.167. The summed E-state index contributed by atoms with van der Waals surface area (Å²) in [5, 5.41) is 0. The van der Waals surface area contributed by atoms with Gasteiger partial charge in [-0.2, -0.15) is 0 Å². The van der Waals surface area contributed by atoms with E-state index in [4.69, 9.17) is 14.2 Å². The van der Waals surface area contributed by atoms with Crippen LogP contribution in [0.15, 0.2) is 60.8 Å². The maximum atomic E-state index is 12.8. The minimum Gasteiger partial charge on any atom is -0.462 e.